The van der Waals surface area contributed by atoms with Gasteiger partial charge in [0.1, 0.15) is 12.4 Å². The summed E-state index contributed by atoms with van der Waals surface area (Å²) in [5.41, 5.74) is 3.23. The molecule has 5 nitrogen and oxygen atoms in total. The van der Waals surface area contributed by atoms with Crippen molar-refractivity contribution in [2.75, 3.05) is 6.61 Å². The Hall–Kier alpha value is -1.92. The van der Waals surface area contributed by atoms with Gasteiger partial charge in [0.05, 0.1) is 23.9 Å². The van der Waals surface area contributed by atoms with E-state index in [9.17, 15) is 9.90 Å². The fourth-order valence-electron chi connectivity index (χ4n) is 2.34. The molecule has 0 aliphatic rings. The highest BCUT2D eigenvalue weighted by molar-refractivity contribution is 7.07. The maximum atomic E-state index is 12.3. The second-order valence-electron chi connectivity index (χ2n) is 6.91. The molecule has 1 amide bonds. The van der Waals surface area contributed by atoms with E-state index in [1.165, 1.54) is 11.3 Å². The Morgan fingerprint density at radius 3 is 2.58 bits per heavy atom. The molecule has 1 atom stereocenters. The Kier molecular flexibility index (Phi) is 6.34. The number of aliphatic hydroxyl groups excluding tert-OH is 1. The lowest BCUT2D eigenvalue weighted by Crippen LogP contribution is -2.40. The molecule has 0 fully saturated rings. The number of nitrogens with zero attached hydrogens (tertiary/aromatic N) is 1. The molecule has 0 spiro atoms. The van der Waals surface area contributed by atoms with Crippen LogP contribution in [-0.2, 0) is 6.61 Å². The average Bonchev–Trinajstić information content (AvgIpc) is 3.04. The molecule has 0 saturated heterocycles. The largest absolute Gasteiger partial charge is 0.487 e. The summed E-state index contributed by atoms with van der Waals surface area (Å²) in [5, 5.41) is 14.3. The van der Waals surface area contributed by atoms with E-state index < -0.39 is 0 Å². The van der Waals surface area contributed by atoms with Crippen LogP contribution < -0.4 is 10.1 Å². The van der Waals surface area contributed by atoms with Crippen LogP contribution in [0, 0.1) is 5.41 Å². The zero-order valence-corrected chi connectivity index (χ0v) is 15.1. The predicted molar refractivity (Wildman–Crippen MR) is 95.3 cm³/mol. The van der Waals surface area contributed by atoms with Crippen molar-refractivity contribution < 1.29 is 14.6 Å². The van der Waals surface area contributed by atoms with Gasteiger partial charge in [-0.2, -0.15) is 0 Å². The fraction of sp³-hybridized carbons (Fsp3) is 0.444. The molecule has 0 radical (unpaired) electrons. The zero-order chi connectivity index (χ0) is 17.6. The van der Waals surface area contributed by atoms with Gasteiger partial charge in [0.2, 0.25) is 0 Å². The molecular formula is C18H24N2O3S. The van der Waals surface area contributed by atoms with E-state index >= 15 is 0 Å². The number of carbonyl (C=O) groups is 1. The zero-order valence-electron chi connectivity index (χ0n) is 14.3. The van der Waals surface area contributed by atoms with Crippen LogP contribution in [-0.4, -0.2) is 28.6 Å². The van der Waals surface area contributed by atoms with Crippen molar-refractivity contribution in [3.63, 3.8) is 0 Å². The first-order valence-electron chi connectivity index (χ1n) is 7.89. The number of ether oxygens (including phenoxy) is 1. The van der Waals surface area contributed by atoms with Gasteiger partial charge in [-0.1, -0.05) is 20.8 Å². The van der Waals surface area contributed by atoms with Crippen LogP contribution in [0.4, 0.5) is 0 Å². The molecule has 2 N–H and O–H groups in total. The molecule has 1 unspecified atom stereocenters. The van der Waals surface area contributed by atoms with Gasteiger partial charge >= 0.3 is 0 Å². The van der Waals surface area contributed by atoms with Gasteiger partial charge in [0, 0.05) is 10.9 Å². The molecule has 1 heterocycles. The molecule has 2 rings (SSSR count). The maximum Gasteiger partial charge on any atom is 0.251 e. The maximum absolute atomic E-state index is 12.3. The Morgan fingerprint density at radius 2 is 2.04 bits per heavy atom. The highest BCUT2D eigenvalue weighted by atomic mass is 32.1. The van der Waals surface area contributed by atoms with Gasteiger partial charge in [-0.05, 0) is 36.1 Å². The van der Waals surface area contributed by atoms with Crippen molar-refractivity contribution >= 4 is 17.2 Å². The number of thiazole rings is 1. The molecule has 130 valence electrons. The standard InChI is InChI=1S/C18H24N2O3S/c1-18(2,3)8-14(9-21)20-17(22)13-4-6-16(7-5-13)23-10-15-11-24-12-19-15/h4-7,11-12,14,21H,8-10H2,1-3H3,(H,20,22). The van der Waals surface area contributed by atoms with Crippen LogP contribution in [0.1, 0.15) is 43.2 Å². The summed E-state index contributed by atoms with van der Waals surface area (Å²) in [5.74, 6) is 0.498. The normalized spacial score (nSPS) is 12.7. The molecule has 1 aromatic heterocycles. The first kappa shape index (κ1) is 18.4. The van der Waals surface area contributed by atoms with Gasteiger partial charge in [0.25, 0.3) is 5.91 Å². The molecule has 0 aliphatic heterocycles. The molecule has 0 saturated carbocycles. The number of hydrogen-bond acceptors (Lipinski definition) is 5. The van der Waals surface area contributed by atoms with Crippen LogP contribution in [0.25, 0.3) is 0 Å². The van der Waals surface area contributed by atoms with Crippen molar-refractivity contribution in [2.45, 2.75) is 39.8 Å². The quantitative estimate of drug-likeness (QED) is 0.806. The third-order valence-electron chi connectivity index (χ3n) is 3.40. The predicted octanol–water partition coefficient (Wildman–Crippen LogP) is 3.25. The molecule has 0 aliphatic carbocycles. The van der Waals surface area contributed by atoms with E-state index in [1.54, 1.807) is 29.8 Å². The number of nitrogens with one attached hydrogen (secondary N) is 1. The van der Waals surface area contributed by atoms with E-state index in [4.69, 9.17) is 4.74 Å². The van der Waals surface area contributed by atoms with Gasteiger partial charge in [0.15, 0.2) is 0 Å². The van der Waals surface area contributed by atoms with E-state index in [1.807, 2.05) is 5.38 Å². The number of carbonyl (C=O) groups excluding carboxylic acids is 1. The number of rotatable bonds is 7. The Labute approximate surface area is 146 Å². The van der Waals surface area contributed by atoms with E-state index in [2.05, 4.69) is 31.1 Å². The smallest absolute Gasteiger partial charge is 0.251 e. The van der Waals surface area contributed by atoms with E-state index in [0.29, 0.717) is 24.3 Å². The minimum atomic E-state index is -0.252. The number of aromatic nitrogens is 1. The molecule has 2 aromatic rings. The van der Waals surface area contributed by atoms with Crippen LogP contribution >= 0.6 is 11.3 Å². The highest BCUT2D eigenvalue weighted by Crippen LogP contribution is 2.21. The van der Waals surface area contributed by atoms with Crippen LogP contribution in [0.5, 0.6) is 5.75 Å². The van der Waals surface area contributed by atoms with Crippen molar-refractivity contribution in [3.05, 3.63) is 46.4 Å². The first-order chi connectivity index (χ1) is 11.4. The van der Waals surface area contributed by atoms with Crippen molar-refractivity contribution in [1.29, 1.82) is 0 Å². The lowest BCUT2D eigenvalue weighted by molar-refractivity contribution is 0.0897. The highest BCUT2D eigenvalue weighted by Gasteiger charge is 2.20. The summed E-state index contributed by atoms with van der Waals surface area (Å²) in [4.78, 5) is 16.4. The van der Waals surface area contributed by atoms with Crippen LogP contribution in [0.2, 0.25) is 0 Å². The van der Waals surface area contributed by atoms with Crippen molar-refractivity contribution in [3.8, 4) is 5.75 Å². The summed E-state index contributed by atoms with van der Waals surface area (Å²) in [6.45, 7) is 6.58. The van der Waals surface area contributed by atoms with Crippen LogP contribution in [0.15, 0.2) is 35.2 Å². The van der Waals surface area contributed by atoms with Gasteiger partial charge in [-0.3, -0.25) is 4.79 Å². The molecule has 6 heteroatoms. The monoisotopic (exact) mass is 348 g/mol. The summed E-state index contributed by atoms with van der Waals surface area (Å²) < 4.78 is 5.63. The second-order valence-corrected chi connectivity index (χ2v) is 7.63. The van der Waals surface area contributed by atoms with E-state index in [-0.39, 0.29) is 24.0 Å². The third kappa shape index (κ3) is 5.94. The molecule has 24 heavy (non-hydrogen) atoms. The summed E-state index contributed by atoms with van der Waals surface area (Å²) in [7, 11) is 0. The number of aliphatic hydroxyl groups is 1. The van der Waals surface area contributed by atoms with Crippen LogP contribution in [0.3, 0.4) is 0 Å². The Bertz CT molecular complexity index is 633. The van der Waals surface area contributed by atoms with Gasteiger partial charge < -0.3 is 15.2 Å². The molecule has 0 bridgehead atoms. The Balaban J connectivity index is 1.90. The minimum Gasteiger partial charge on any atom is -0.487 e. The topological polar surface area (TPSA) is 71.5 Å². The summed E-state index contributed by atoms with van der Waals surface area (Å²) >= 11 is 1.53. The fourth-order valence-corrected chi connectivity index (χ4v) is 2.88. The number of benzene rings is 1. The SMILES string of the molecule is CC(C)(C)CC(CO)NC(=O)c1ccc(OCc2cscn2)cc1. The van der Waals surface area contributed by atoms with Gasteiger partial charge in [-0.15, -0.1) is 11.3 Å². The Morgan fingerprint density at radius 1 is 1.33 bits per heavy atom. The van der Waals surface area contributed by atoms with Crippen molar-refractivity contribution in [2.24, 2.45) is 5.41 Å². The number of hydrogen-bond donors (Lipinski definition) is 2. The molecule has 1 aromatic carbocycles. The van der Waals surface area contributed by atoms with Crippen molar-refractivity contribution in [1.82, 2.24) is 10.3 Å². The van der Waals surface area contributed by atoms with Gasteiger partial charge in [-0.25, -0.2) is 4.98 Å². The summed E-state index contributed by atoms with van der Waals surface area (Å²) in [6.07, 6.45) is 0.712. The lowest BCUT2D eigenvalue weighted by atomic mass is 9.88. The first-order valence-corrected chi connectivity index (χ1v) is 8.83. The molecular weight excluding hydrogens is 324 g/mol. The summed E-state index contributed by atoms with van der Waals surface area (Å²) in [6, 6.07) is 6.71. The second kappa shape index (κ2) is 8.26. The van der Waals surface area contributed by atoms with E-state index in [0.717, 1.165) is 5.69 Å². The average molecular weight is 348 g/mol. The lowest BCUT2D eigenvalue weighted by Gasteiger charge is -2.25. The third-order valence-corrected chi connectivity index (χ3v) is 4.04. The minimum absolute atomic E-state index is 0.0358. The number of amides is 1.